The highest BCUT2D eigenvalue weighted by atomic mass is 16.2. The van der Waals surface area contributed by atoms with Gasteiger partial charge in [0.05, 0.1) is 5.69 Å². The zero-order valence-corrected chi connectivity index (χ0v) is 13.3. The molecule has 0 bridgehead atoms. The van der Waals surface area contributed by atoms with E-state index in [1.165, 1.54) is 0 Å². The first kappa shape index (κ1) is 17.4. The maximum Gasteiger partial charge on any atom is 0.321 e. The van der Waals surface area contributed by atoms with Gasteiger partial charge in [-0.3, -0.25) is 14.9 Å². The molecule has 22 heavy (non-hydrogen) atoms. The summed E-state index contributed by atoms with van der Waals surface area (Å²) in [6, 6.07) is 1.15. The molecule has 0 fully saturated rings. The van der Waals surface area contributed by atoms with E-state index in [2.05, 4.69) is 15.7 Å². The smallest absolute Gasteiger partial charge is 0.321 e. The molecule has 0 aromatic carbocycles. The Labute approximate surface area is 128 Å². The van der Waals surface area contributed by atoms with Crippen LogP contribution in [0.15, 0.2) is 4.79 Å². The zero-order valence-electron chi connectivity index (χ0n) is 13.3. The van der Waals surface area contributed by atoms with E-state index in [0.717, 1.165) is 4.68 Å². The quantitative estimate of drug-likeness (QED) is 0.818. The van der Waals surface area contributed by atoms with Crippen molar-refractivity contribution in [1.82, 2.24) is 20.4 Å². The normalized spacial score (nSPS) is 10.7. The molecule has 0 atom stereocenters. The third kappa shape index (κ3) is 4.41. The second-order valence-corrected chi connectivity index (χ2v) is 5.91. The van der Waals surface area contributed by atoms with E-state index in [1.807, 2.05) is 0 Å². The monoisotopic (exact) mass is 305 g/mol. The fraction of sp³-hybridized carbons (Fsp3) is 0.500. The average molecular weight is 305 g/mol. The van der Waals surface area contributed by atoms with Crippen molar-refractivity contribution in [1.29, 1.82) is 5.26 Å². The van der Waals surface area contributed by atoms with Gasteiger partial charge in [0.1, 0.15) is 18.2 Å². The van der Waals surface area contributed by atoms with Crippen LogP contribution in [-0.2, 0) is 11.3 Å². The van der Waals surface area contributed by atoms with Crippen LogP contribution < -0.4 is 16.2 Å². The number of nitriles is 1. The van der Waals surface area contributed by atoms with Crippen molar-refractivity contribution in [2.45, 2.75) is 46.7 Å². The van der Waals surface area contributed by atoms with E-state index < -0.39 is 29.6 Å². The van der Waals surface area contributed by atoms with Gasteiger partial charge in [0.2, 0.25) is 5.91 Å². The highest BCUT2D eigenvalue weighted by Gasteiger charge is 2.18. The lowest BCUT2D eigenvalue weighted by atomic mass is 10.1. The summed E-state index contributed by atoms with van der Waals surface area (Å²) in [4.78, 5) is 35.4. The van der Waals surface area contributed by atoms with Gasteiger partial charge in [-0.15, -0.1) is 0 Å². The van der Waals surface area contributed by atoms with Crippen molar-refractivity contribution in [2.24, 2.45) is 0 Å². The van der Waals surface area contributed by atoms with E-state index in [0.29, 0.717) is 11.3 Å². The number of carbonyl (C=O) groups excluding carboxylic acids is 2. The fourth-order valence-corrected chi connectivity index (χ4v) is 1.68. The van der Waals surface area contributed by atoms with Gasteiger partial charge in [-0.05, 0) is 40.2 Å². The SMILES string of the molecule is Cc1nn(CC(=O)NC(=O)NC(C)(C)C)c(=O)c(C#N)c1C. The Balaban J connectivity index is 2.91. The summed E-state index contributed by atoms with van der Waals surface area (Å²) in [6.45, 7) is 8.12. The molecule has 118 valence electrons. The largest absolute Gasteiger partial charge is 0.333 e. The molecule has 0 radical (unpaired) electrons. The van der Waals surface area contributed by atoms with Crippen molar-refractivity contribution < 1.29 is 9.59 Å². The maximum absolute atomic E-state index is 12.0. The number of nitrogens with one attached hydrogen (secondary N) is 2. The van der Waals surface area contributed by atoms with Crippen LogP contribution in [0.25, 0.3) is 0 Å². The number of imide groups is 1. The number of hydrogen-bond donors (Lipinski definition) is 2. The van der Waals surface area contributed by atoms with Gasteiger partial charge in [0.25, 0.3) is 5.56 Å². The fourth-order valence-electron chi connectivity index (χ4n) is 1.68. The molecule has 0 unspecified atom stereocenters. The Kier molecular flexibility index (Phi) is 5.04. The van der Waals surface area contributed by atoms with E-state index in [1.54, 1.807) is 40.7 Å². The Morgan fingerprint density at radius 3 is 2.41 bits per heavy atom. The summed E-state index contributed by atoms with van der Waals surface area (Å²) in [5.41, 5.74) is -0.248. The standard InChI is InChI=1S/C14H19N5O3/c1-8-9(2)18-19(12(21)10(8)6-15)7-11(20)16-13(22)17-14(3,4)5/h7H2,1-5H3,(H2,16,17,20,22). The van der Waals surface area contributed by atoms with Crippen LogP contribution in [0, 0.1) is 25.2 Å². The van der Waals surface area contributed by atoms with Gasteiger partial charge < -0.3 is 5.32 Å². The number of rotatable bonds is 2. The van der Waals surface area contributed by atoms with E-state index >= 15 is 0 Å². The molecule has 8 heteroatoms. The predicted octanol–water partition coefficient (Wildman–Crippen LogP) is 0.356. The summed E-state index contributed by atoms with van der Waals surface area (Å²) in [7, 11) is 0. The molecular weight excluding hydrogens is 286 g/mol. The molecule has 8 nitrogen and oxygen atoms in total. The minimum Gasteiger partial charge on any atom is -0.333 e. The van der Waals surface area contributed by atoms with Crippen molar-refractivity contribution in [3.05, 3.63) is 27.2 Å². The summed E-state index contributed by atoms with van der Waals surface area (Å²) in [5, 5.41) is 17.6. The summed E-state index contributed by atoms with van der Waals surface area (Å²) < 4.78 is 0.876. The van der Waals surface area contributed by atoms with Gasteiger partial charge in [0, 0.05) is 5.54 Å². The topological polar surface area (TPSA) is 117 Å². The minimum atomic E-state index is -0.691. The second-order valence-electron chi connectivity index (χ2n) is 5.91. The van der Waals surface area contributed by atoms with Crippen LogP contribution in [-0.4, -0.2) is 27.3 Å². The first-order valence-corrected chi connectivity index (χ1v) is 6.65. The Morgan fingerprint density at radius 1 is 1.32 bits per heavy atom. The van der Waals surface area contributed by atoms with E-state index in [-0.39, 0.29) is 5.56 Å². The zero-order chi connectivity index (χ0) is 17.1. The number of urea groups is 1. The molecule has 0 saturated heterocycles. The Morgan fingerprint density at radius 2 is 1.91 bits per heavy atom. The molecule has 3 amide bonds. The van der Waals surface area contributed by atoms with Crippen molar-refractivity contribution in [3.63, 3.8) is 0 Å². The lowest BCUT2D eigenvalue weighted by Crippen LogP contribution is -2.49. The highest BCUT2D eigenvalue weighted by Crippen LogP contribution is 2.04. The van der Waals surface area contributed by atoms with Crippen LogP contribution in [0.1, 0.15) is 37.6 Å². The molecule has 0 aliphatic heterocycles. The molecule has 2 N–H and O–H groups in total. The molecule has 1 aromatic heterocycles. The van der Waals surface area contributed by atoms with E-state index in [4.69, 9.17) is 5.26 Å². The summed E-state index contributed by atoms with van der Waals surface area (Å²) in [6.07, 6.45) is 0. The molecule has 1 heterocycles. The highest BCUT2D eigenvalue weighted by molar-refractivity contribution is 5.94. The number of carbonyl (C=O) groups is 2. The first-order valence-electron chi connectivity index (χ1n) is 6.65. The van der Waals surface area contributed by atoms with Crippen molar-refractivity contribution >= 4 is 11.9 Å². The minimum absolute atomic E-state index is 0.0561. The second kappa shape index (κ2) is 6.39. The number of nitrogens with zero attached hydrogens (tertiary/aromatic N) is 3. The lowest BCUT2D eigenvalue weighted by Gasteiger charge is -2.20. The molecule has 0 aliphatic carbocycles. The third-order valence-corrected chi connectivity index (χ3v) is 2.78. The van der Waals surface area contributed by atoms with Gasteiger partial charge in [-0.2, -0.15) is 10.4 Å². The van der Waals surface area contributed by atoms with Crippen LogP contribution >= 0.6 is 0 Å². The first-order chi connectivity index (χ1) is 10.0. The van der Waals surface area contributed by atoms with Crippen molar-refractivity contribution in [2.75, 3.05) is 0 Å². The number of aryl methyl sites for hydroxylation is 1. The van der Waals surface area contributed by atoms with Gasteiger partial charge in [0.15, 0.2) is 0 Å². The van der Waals surface area contributed by atoms with Crippen molar-refractivity contribution in [3.8, 4) is 6.07 Å². The van der Waals surface area contributed by atoms with Crippen LogP contribution in [0.4, 0.5) is 4.79 Å². The van der Waals surface area contributed by atoms with E-state index in [9.17, 15) is 14.4 Å². The summed E-state index contributed by atoms with van der Waals surface area (Å²) in [5.74, 6) is -0.691. The van der Waals surface area contributed by atoms with Crippen LogP contribution in [0.5, 0.6) is 0 Å². The molecule has 1 aromatic rings. The average Bonchev–Trinajstić information content (AvgIpc) is 2.34. The Bertz CT molecular complexity index is 707. The predicted molar refractivity (Wildman–Crippen MR) is 79.1 cm³/mol. The summed E-state index contributed by atoms with van der Waals surface area (Å²) >= 11 is 0. The Hall–Kier alpha value is -2.69. The molecule has 0 spiro atoms. The maximum atomic E-state index is 12.0. The number of amides is 3. The lowest BCUT2D eigenvalue weighted by molar-refractivity contribution is -0.120. The molecular formula is C14H19N5O3. The third-order valence-electron chi connectivity index (χ3n) is 2.78. The number of hydrogen-bond acceptors (Lipinski definition) is 5. The van der Waals surface area contributed by atoms with Gasteiger partial charge in [-0.1, -0.05) is 0 Å². The molecule has 0 aliphatic rings. The molecule has 0 saturated carbocycles. The van der Waals surface area contributed by atoms with Crippen LogP contribution in [0.2, 0.25) is 0 Å². The van der Waals surface area contributed by atoms with Gasteiger partial charge in [-0.25, -0.2) is 9.48 Å². The van der Waals surface area contributed by atoms with Gasteiger partial charge >= 0.3 is 6.03 Å². The molecule has 1 rings (SSSR count). The van der Waals surface area contributed by atoms with Crippen LogP contribution in [0.3, 0.4) is 0 Å². The number of aromatic nitrogens is 2.